The zero-order valence-electron chi connectivity index (χ0n) is 16.0. The first-order valence-electron chi connectivity index (χ1n) is 8.97. The number of carbonyl (C=O) groups is 3. The average Bonchev–Trinajstić information content (AvgIpc) is 2.97. The molecule has 2 N–H and O–H groups in total. The van der Waals surface area contributed by atoms with Crippen molar-refractivity contribution >= 4 is 46.5 Å². The SMILES string of the molecule is CN(C[C@H](O)c1ccc(O)cc1)C(=O)CN1C(=O)S/C(=C\c2ccccc2Cl)C1=O. The molecule has 1 aliphatic heterocycles. The number of imide groups is 1. The molecular weight excluding hydrogens is 428 g/mol. The number of hydrogen-bond donors (Lipinski definition) is 2. The molecule has 2 aromatic carbocycles. The van der Waals surface area contributed by atoms with Crippen molar-refractivity contribution in [2.75, 3.05) is 20.1 Å². The van der Waals surface area contributed by atoms with Crippen molar-refractivity contribution in [2.45, 2.75) is 6.10 Å². The Morgan fingerprint density at radius 1 is 1.20 bits per heavy atom. The van der Waals surface area contributed by atoms with Gasteiger partial charge in [0.25, 0.3) is 11.1 Å². The van der Waals surface area contributed by atoms with Crippen LogP contribution in [0, 0.1) is 0 Å². The molecule has 1 fully saturated rings. The van der Waals surface area contributed by atoms with Crippen LogP contribution in [0.1, 0.15) is 17.2 Å². The molecule has 9 heteroatoms. The fraction of sp³-hybridized carbons (Fsp3) is 0.190. The van der Waals surface area contributed by atoms with Gasteiger partial charge in [-0.3, -0.25) is 19.3 Å². The standard InChI is InChI=1S/C21H19ClN2O5S/c1-23(11-17(26)13-6-8-15(25)9-7-13)19(27)12-24-20(28)18(30-21(24)29)10-14-4-2-3-5-16(14)22/h2-10,17,25-26H,11-12H2,1H3/b18-10-/t17-/m0/s1. The lowest BCUT2D eigenvalue weighted by molar-refractivity contribution is -0.135. The average molecular weight is 447 g/mol. The molecule has 2 aromatic rings. The lowest BCUT2D eigenvalue weighted by Gasteiger charge is -2.23. The van der Waals surface area contributed by atoms with Gasteiger partial charge in [-0.25, -0.2) is 0 Å². The number of benzene rings is 2. The van der Waals surface area contributed by atoms with Gasteiger partial charge in [0, 0.05) is 12.1 Å². The minimum Gasteiger partial charge on any atom is -0.508 e. The number of rotatable bonds is 6. The molecule has 1 atom stereocenters. The smallest absolute Gasteiger partial charge is 0.294 e. The summed E-state index contributed by atoms with van der Waals surface area (Å²) < 4.78 is 0. The Morgan fingerprint density at radius 3 is 2.53 bits per heavy atom. The van der Waals surface area contributed by atoms with E-state index >= 15 is 0 Å². The maximum atomic E-state index is 12.6. The van der Waals surface area contributed by atoms with Crippen molar-refractivity contribution in [2.24, 2.45) is 0 Å². The van der Waals surface area contributed by atoms with E-state index in [0.29, 0.717) is 16.1 Å². The minimum atomic E-state index is -0.977. The van der Waals surface area contributed by atoms with E-state index in [2.05, 4.69) is 0 Å². The molecule has 1 saturated heterocycles. The summed E-state index contributed by atoms with van der Waals surface area (Å²) in [5.41, 5.74) is 1.13. The van der Waals surface area contributed by atoms with Crippen molar-refractivity contribution in [3.8, 4) is 5.75 Å². The number of halogens is 1. The molecule has 0 saturated carbocycles. The maximum Gasteiger partial charge on any atom is 0.294 e. The molecule has 0 radical (unpaired) electrons. The summed E-state index contributed by atoms with van der Waals surface area (Å²) in [6, 6.07) is 12.9. The van der Waals surface area contributed by atoms with E-state index in [1.165, 1.54) is 30.2 Å². The van der Waals surface area contributed by atoms with Gasteiger partial charge in [0.15, 0.2) is 0 Å². The van der Waals surface area contributed by atoms with Gasteiger partial charge >= 0.3 is 0 Å². The fourth-order valence-electron chi connectivity index (χ4n) is 2.79. The van der Waals surface area contributed by atoms with E-state index in [4.69, 9.17) is 11.6 Å². The zero-order valence-corrected chi connectivity index (χ0v) is 17.6. The van der Waals surface area contributed by atoms with Crippen LogP contribution in [0.2, 0.25) is 5.02 Å². The van der Waals surface area contributed by atoms with Crippen LogP contribution in [0.5, 0.6) is 5.75 Å². The first-order chi connectivity index (χ1) is 14.3. The number of hydrogen-bond acceptors (Lipinski definition) is 6. The lowest BCUT2D eigenvalue weighted by atomic mass is 10.1. The summed E-state index contributed by atoms with van der Waals surface area (Å²) in [5, 5.41) is 19.5. The van der Waals surface area contributed by atoms with Crippen LogP contribution in [0.15, 0.2) is 53.4 Å². The molecule has 1 aliphatic rings. The largest absolute Gasteiger partial charge is 0.508 e. The molecule has 0 bridgehead atoms. The number of phenolic OH excluding ortho intramolecular Hbond substituents is 1. The Bertz CT molecular complexity index is 1010. The van der Waals surface area contributed by atoms with Gasteiger partial charge in [-0.05, 0) is 47.2 Å². The maximum absolute atomic E-state index is 12.6. The highest BCUT2D eigenvalue weighted by Crippen LogP contribution is 2.33. The molecule has 156 valence electrons. The molecule has 7 nitrogen and oxygen atoms in total. The second-order valence-electron chi connectivity index (χ2n) is 6.67. The Morgan fingerprint density at radius 2 is 1.87 bits per heavy atom. The van der Waals surface area contributed by atoms with E-state index in [1.807, 2.05) is 0 Å². The van der Waals surface area contributed by atoms with Crippen LogP contribution in [-0.2, 0) is 9.59 Å². The van der Waals surface area contributed by atoms with E-state index in [-0.39, 0.29) is 17.2 Å². The first kappa shape index (κ1) is 21.9. The van der Waals surface area contributed by atoms with Crippen LogP contribution in [-0.4, -0.2) is 57.2 Å². The molecule has 3 rings (SSSR count). The Labute approximate surface area is 182 Å². The predicted octanol–water partition coefficient (Wildman–Crippen LogP) is 3.27. The number of phenols is 1. The van der Waals surface area contributed by atoms with E-state index in [0.717, 1.165) is 16.7 Å². The molecule has 30 heavy (non-hydrogen) atoms. The number of aliphatic hydroxyl groups is 1. The van der Waals surface area contributed by atoms with Crippen molar-refractivity contribution in [3.05, 3.63) is 69.6 Å². The van der Waals surface area contributed by atoms with Crippen LogP contribution < -0.4 is 0 Å². The van der Waals surface area contributed by atoms with Gasteiger partial charge in [0.05, 0.1) is 17.6 Å². The summed E-state index contributed by atoms with van der Waals surface area (Å²) in [5.74, 6) is -0.987. The number of likely N-dealkylation sites (N-methyl/N-ethyl adjacent to an activating group) is 1. The molecule has 0 aliphatic carbocycles. The van der Waals surface area contributed by atoms with Gasteiger partial charge in [-0.2, -0.15) is 0 Å². The van der Waals surface area contributed by atoms with Gasteiger partial charge in [0.1, 0.15) is 12.3 Å². The van der Waals surface area contributed by atoms with Gasteiger partial charge in [-0.1, -0.05) is 41.9 Å². The quantitative estimate of drug-likeness (QED) is 0.661. The number of aromatic hydroxyl groups is 1. The topological polar surface area (TPSA) is 98.2 Å². The Kier molecular flexibility index (Phi) is 6.81. The summed E-state index contributed by atoms with van der Waals surface area (Å²) in [6.07, 6.45) is 0.547. The second-order valence-corrected chi connectivity index (χ2v) is 8.07. The molecular formula is C21H19ClN2O5S. The van der Waals surface area contributed by atoms with Crippen LogP contribution in [0.25, 0.3) is 6.08 Å². The van der Waals surface area contributed by atoms with Gasteiger partial charge in [-0.15, -0.1) is 0 Å². The number of aliphatic hydroxyl groups excluding tert-OH is 1. The molecule has 1 heterocycles. The summed E-state index contributed by atoms with van der Waals surface area (Å²) in [4.78, 5) is 39.7. The summed E-state index contributed by atoms with van der Waals surface area (Å²) in [7, 11) is 1.48. The summed E-state index contributed by atoms with van der Waals surface area (Å²) >= 11 is 6.84. The van der Waals surface area contributed by atoms with E-state index in [1.54, 1.807) is 36.4 Å². The highest BCUT2D eigenvalue weighted by atomic mass is 35.5. The number of amides is 3. The Hall–Kier alpha value is -2.81. The number of nitrogens with zero attached hydrogens (tertiary/aromatic N) is 2. The third-order valence-electron chi connectivity index (χ3n) is 4.51. The van der Waals surface area contributed by atoms with Crippen LogP contribution in [0.4, 0.5) is 4.79 Å². The molecule has 0 aromatic heterocycles. The predicted molar refractivity (Wildman–Crippen MR) is 115 cm³/mol. The van der Waals surface area contributed by atoms with Crippen molar-refractivity contribution in [3.63, 3.8) is 0 Å². The third-order valence-corrected chi connectivity index (χ3v) is 5.76. The highest BCUT2D eigenvalue weighted by molar-refractivity contribution is 8.18. The monoisotopic (exact) mass is 446 g/mol. The van der Waals surface area contributed by atoms with Crippen LogP contribution >= 0.6 is 23.4 Å². The fourth-order valence-corrected chi connectivity index (χ4v) is 3.81. The number of thioether (sulfide) groups is 1. The number of carbonyl (C=O) groups excluding carboxylic acids is 3. The van der Waals surface area contributed by atoms with E-state index in [9.17, 15) is 24.6 Å². The van der Waals surface area contributed by atoms with Crippen molar-refractivity contribution in [1.29, 1.82) is 0 Å². The van der Waals surface area contributed by atoms with Crippen molar-refractivity contribution in [1.82, 2.24) is 9.80 Å². The van der Waals surface area contributed by atoms with E-state index < -0.39 is 29.7 Å². The molecule has 3 amide bonds. The minimum absolute atomic E-state index is 0.0324. The van der Waals surface area contributed by atoms with Gasteiger partial charge in [0.2, 0.25) is 5.91 Å². The molecule has 0 spiro atoms. The van der Waals surface area contributed by atoms with Gasteiger partial charge < -0.3 is 15.1 Å². The van der Waals surface area contributed by atoms with Crippen molar-refractivity contribution < 1.29 is 24.6 Å². The second kappa shape index (κ2) is 9.34. The first-order valence-corrected chi connectivity index (χ1v) is 10.2. The Balaban J connectivity index is 1.64. The highest BCUT2D eigenvalue weighted by Gasteiger charge is 2.37. The zero-order chi connectivity index (χ0) is 21.8. The normalized spacial score (nSPS) is 16.2. The molecule has 0 unspecified atom stereocenters. The third kappa shape index (κ3) is 5.02. The van der Waals surface area contributed by atoms with Crippen LogP contribution in [0.3, 0.4) is 0 Å². The lowest BCUT2D eigenvalue weighted by Crippen LogP contribution is -2.41. The summed E-state index contributed by atoms with van der Waals surface area (Å²) in [6.45, 7) is -0.460.